The van der Waals surface area contributed by atoms with Crippen molar-refractivity contribution in [2.75, 3.05) is 57.8 Å². The van der Waals surface area contributed by atoms with Crippen LogP contribution in [0.25, 0.3) is 11.3 Å². The number of β-amino-alcohol motifs (C(OH)–C–C–N with tert-alkyl or cyclic N) is 1. The summed E-state index contributed by atoms with van der Waals surface area (Å²) in [6, 6.07) is 4.09. The summed E-state index contributed by atoms with van der Waals surface area (Å²) in [5.41, 5.74) is 1.58. The lowest BCUT2D eigenvalue weighted by molar-refractivity contribution is -0.139. The van der Waals surface area contributed by atoms with E-state index in [1.165, 1.54) is 21.3 Å². The van der Waals surface area contributed by atoms with E-state index in [4.69, 9.17) is 5.10 Å². The van der Waals surface area contributed by atoms with Gasteiger partial charge in [0.2, 0.25) is 21.8 Å². The molecule has 2 amide bonds. The van der Waals surface area contributed by atoms with E-state index < -0.39 is 27.9 Å². The van der Waals surface area contributed by atoms with Gasteiger partial charge in [-0.15, -0.1) is 11.8 Å². The Hall–Kier alpha value is -2.66. The fourth-order valence-electron chi connectivity index (χ4n) is 7.34. The van der Waals surface area contributed by atoms with Crippen molar-refractivity contribution in [3.8, 4) is 11.3 Å². The first kappa shape index (κ1) is 35.2. The third-order valence-electron chi connectivity index (χ3n) is 9.95. The van der Waals surface area contributed by atoms with Crippen molar-refractivity contribution >= 4 is 33.6 Å². The van der Waals surface area contributed by atoms with E-state index in [1.807, 2.05) is 9.58 Å². The van der Waals surface area contributed by atoms with Gasteiger partial charge in [0.25, 0.3) is 0 Å². The minimum absolute atomic E-state index is 0.0749. The van der Waals surface area contributed by atoms with E-state index in [9.17, 15) is 36.3 Å². The zero-order valence-corrected chi connectivity index (χ0v) is 28.8. The fraction of sp³-hybridized carbons (Fsp3) is 0.656. The molecule has 4 aliphatic rings. The maximum atomic E-state index is 14.1. The summed E-state index contributed by atoms with van der Waals surface area (Å²) >= 11 is 0.805. The Morgan fingerprint density at radius 3 is 2.48 bits per heavy atom. The molecule has 0 saturated carbocycles. The van der Waals surface area contributed by atoms with Crippen molar-refractivity contribution in [3.63, 3.8) is 0 Å². The number of aliphatic hydroxyl groups is 1. The van der Waals surface area contributed by atoms with Crippen molar-refractivity contribution in [3.05, 3.63) is 35.0 Å². The van der Waals surface area contributed by atoms with Crippen LogP contribution in [0.15, 0.2) is 23.1 Å². The van der Waals surface area contributed by atoms with Gasteiger partial charge in [-0.2, -0.15) is 22.6 Å². The van der Waals surface area contributed by atoms with Crippen molar-refractivity contribution in [1.29, 1.82) is 0 Å². The van der Waals surface area contributed by atoms with E-state index in [1.54, 1.807) is 0 Å². The summed E-state index contributed by atoms with van der Waals surface area (Å²) in [5, 5.41) is 14.6. The van der Waals surface area contributed by atoms with Crippen molar-refractivity contribution in [1.82, 2.24) is 28.8 Å². The summed E-state index contributed by atoms with van der Waals surface area (Å²) in [6.45, 7) is 4.99. The van der Waals surface area contributed by atoms with Crippen LogP contribution in [0, 0.1) is 0 Å². The minimum atomic E-state index is -4.64. The average molecular weight is 713 g/mol. The van der Waals surface area contributed by atoms with Gasteiger partial charge in [-0.3, -0.25) is 14.3 Å². The zero-order chi connectivity index (χ0) is 34.2. The molecule has 1 unspecified atom stereocenters. The largest absolute Gasteiger partial charge is 0.417 e. The first-order valence-corrected chi connectivity index (χ1v) is 19.5. The number of carbonyl (C=O) groups is 2. The second kappa shape index (κ2) is 14.3. The summed E-state index contributed by atoms with van der Waals surface area (Å²) in [5.74, 6) is -0.286. The number of fused-ring (bicyclic) bond motifs is 1. The van der Waals surface area contributed by atoms with Crippen molar-refractivity contribution in [2.24, 2.45) is 0 Å². The Morgan fingerprint density at radius 1 is 1.06 bits per heavy atom. The van der Waals surface area contributed by atoms with Gasteiger partial charge in [0.05, 0.1) is 29.4 Å². The highest BCUT2D eigenvalue weighted by Gasteiger charge is 2.36. The normalized spacial score (nSPS) is 21.8. The van der Waals surface area contributed by atoms with Crippen LogP contribution in [0.2, 0.25) is 0 Å². The number of halogens is 3. The van der Waals surface area contributed by atoms with Crippen LogP contribution in [0.5, 0.6) is 0 Å². The molecule has 4 aliphatic heterocycles. The molecule has 3 saturated heterocycles. The molecule has 1 aromatic carbocycles. The predicted octanol–water partition coefficient (Wildman–Crippen LogP) is 3.05. The Morgan fingerprint density at radius 2 is 1.83 bits per heavy atom. The number of thioether (sulfide) groups is 1. The number of piperidine rings is 1. The molecule has 1 aromatic heterocycles. The molecule has 11 nitrogen and oxygen atoms in total. The maximum Gasteiger partial charge on any atom is 0.417 e. The van der Waals surface area contributed by atoms with Crippen LogP contribution in [-0.4, -0.2) is 124 Å². The standard InChI is InChI=1S/C32H43F3N6O5S2/c1-48(45,46)39-17-10-27-25(20-39)31(36-41(27)13-3-11-37-14-7-23(8-15-37)40-12-2-4-29(40)43)22-5-6-26(32(33,34)35)28(18-22)47-21-30(44)38-16-9-24(42)19-38/h5-6,18,23-24,42H,2-4,7-17,19-21H2,1H3. The molecule has 0 spiro atoms. The lowest BCUT2D eigenvalue weighted by Gasteiger charge is -2.36. The van der Waals surface area contributed by atoms with E-state index in [0.29, 0.717) is 61.8 Å². The van der Waals surface area contributed by atoms with Crippen LogP contribution in [0.1, 0.15) is 55.3 Å². The molecule has 6 rings (SSSR count). The van der Waals surface area contributed by atoms with Gasteiger partial charge in [0.1, 0.15) is 0 Å². The SMILES string of the molecule is CS(=O)(=O)N1CCc2c(c(-c3ccc(C(F)(F)F)c(SCC(=O)N4CCC(O)C4)c3)nn2CCCN2CCC(N3CCCC3=O)CC2)C1. The van der Waals surface area contributed by atoms with Crippen LogP contribution < -0.4 is 0 Å². The van der Waals surface area contributed by atoms with Gasteiger partial charge in [-0.25, -0.2) is 8.42 Å². The number of alkyl halides is 3. The monoisotopic (exact) mass is 712 g/mol. The van der Waals surface area contributed by atoms with Gasteiger partial charge < -0.3 is 19.8 Å². The number of benzene rings is 1. The highest BCUT2D eigenvalue weighted by atomic mass is 32.2. The number of carbonyl (C=O) groups excluding carboxylic acids is 2. The lowest BCUT2D eigenvalue weighted by atomic mass is 10.0. The maximum absolute atomic E-state index is 14.1. The molecule has 48 heavy (non-hydrogen) atoms. The topological polar surface area (TPSA) is 119 Å². The second-order valence-electron chi connectivity index (χ2n) is 13.2. The smallest absolute Gasteiger partial charge is 0.391 e. The van der Waals surface area contributed by atoms with Crippen molar-refractivity contribution in [2.45, 2.75) is 81.3 Å². The molecular formula is C32H43F3N6O5S2. The van der Waals surface area contributed by atoms with E-state index in [0.717, 1.165) is 81.6 Å². The minimum Gasteiger partial charge on any atom is -0.391 e. The molecule has 0 aliphatic carbocycles. The number of rotatable bonds is 10. The van der Waals surface area contributed by atoms with Gasteiger partial charge in [-0.1, -0.05) is 6.07 Å². The van der Waals surface area contributed by atoms with Crippen LogP contribution >= 0.6 is 11.8 Å². The predicted molar refractivity (Wildman–Crippen MR) is 175 cm³/mol. The van der Waals surface area contributed by atoms with Crippen LogP contribution in [0.3, 0.4) is 0 Å². The number of aromatic nitrogens is 2. The molecule has 2 aromatic rings. The molecule has 3 fully saturated rings. The number of amides is 2. The third kappa shape index (κ3) is 7.87. The Kier molecular flexibility index (Phi) is 10.5. The molecule has 16 heteroatoms. The van der Waals surface area contributed by atoms with E-state index in [2.05, 4.69) is 4.90 Å². The molecule has 1 N–H and O–H groups in total. The van der Waals surface area contributed by atoms with Crippen LogP contribution in [0.4, 0.5) is 13.2 Å². The molecule has 0 radical (unpaired) electrons. The number of aryl methyl sites for hydroxylation is 1. The Bertz CT molecular complexity index is 1630. The van der Waals surface area contributed by atoms with E-state index >= 15 is 0 Å². The quantitative estimate of drug-likeness (QED) is 0.374. The van der Waals surface area contributed by atoms with Gasteiger partial charge in [-0.05, 0) is 50.8 Å². The summed E-state index contributed by atoms with van der Waals surface area (Å²) < 4.78 is 70.5. The fourth-order valence-corrected chi connectivity index (χ4v) is 9.14. The van der Waals surface area contributed by atoms with E-state index in [-0.39, 0.29) is 35.6 Å². The average Bonchev–Trinajstić information content (AvgIpc) is 3.77. The zero-order valence-electron chi connectivity index (χ0n) is 27.1. The molecule has 5 heterocycles. The highest BCUT2D eigenvalue weighted by molar-refractivity contribution is 8.00. The Labute approximate surface area is 283 Å². The lowest BCUT2D eigenvalue weighted by Crippen LogP contribution is -2.45. The summed E-state index contributed by atoms with van der Waals surface area (Å²) in [6.07, 6.45) is 1.04. The van der Waals surface area contributed by atoms with Crippen molar-refractivity contribution < 1.29 is 36.3 Å². The number of hydrogen-bond donors (Lipinski definition) is 1. The number of nitrogens with zero attached hydrogens (tertiary/aromatic N) is 6. The molecule has 0 bridgehead atoms. The van der Waals surface area contributed by atoms with Crippen LogP contribution in [-0.2, 0) is 45.3 Å². The first-order valence-electron chi connectivity index (χ1n) is 16.6. The summed E-state index contributed by atoms with van der Waals surface area (Å²) in [4.78, 5) is 30.7. The second-order valence-corrected chi connectivity index (χ2v) is 16.2. The molecule has 1 atom stereocenters. The molecular weight excluding hydrogens is 670 g/mol. The first-order chi connectivity index (χ1) is 22.8. The number of likely N-dealkylation sites (tertiary alicyclic amines) is 3. The number of sulfonamides is 1. The number of aliphatic hydroxyl groups excluding tert-OH is 1. The van der Waals surface area contributed by atoms with Gasteiger partial charge >= 0.3 is 6.18 Å². The van der Waals surface area contributed by atoms with Gasteiger partial charge in [0.15, 0.2) is 0 Å². The summed E-state index contributed by atoms with van der Waals surface area (Å²) in [7, 11) is -3.52. The number of hydrogen-bond acceptors (Lipinski definition) is 8. The Balaban J connectivity index is 1.20. The van der Waals surface area contributed by atoms with Gasteiger partial charge in [0, 0.05) is 93.0 Å². The highest BCUT2D eigenvalue weighted by Crippen LogP contribution is 2.40. The molecule has 264 valence electrons. The third-order valence-corrected chi connectivity index (χ3v) is 12.2.